The second kappa shape index (κ2) is 11.9. The molecule has 0 atom stereocenters. The molecule has 2 aromatic carbocycles. The van der Waals surface area contributed by atoms with Gasteiger partial charge in [0, 0.05) is 61.5 Å². The number of nitrogens with zero attached hydrogens (tertiary/aromatic N) is 3. The first-order valence-electron chi connectivity index (χ1n) is 12.9. The van der Waals surface area contributed by atoms with E-state index in [0.29, 0.717) is 24.4 Å². The lowest BCUT2D eigenvalue weighted by molar-refractivity contribution is -0.138. The number of hydrogen-bond acceptors (Lipinski definition) is 4. The first kappa shape index (κ1) is 26.9. The summed E-state index contributed by atoms with van der Waals surface area (Å²) in [6, 6.07) is 13.3. The maximum absolute atomic E-state index is 13.2. The summed E-state index contributed by atoms with van der Waals surface area (Å²) in [5.41, 5.74) is 2.24. The molecule has 0 radical (unpaired) electrons. The molecule has 2 aromatic rings. The van der Waals surface area contributed by atoms with Gasteiger partial charge in [-0.05, 0) is 69.5 Å². The predicted octanol–water partition coefficient (Wildman–Crippen LogP) is 6.01. The average Bonchev–Trinajstić information content (AvgIpc) is 2.86. The number of likely N-dealkylation sites (tertiary alicyclic amines) is 1. The largest absolute Gasteiger partial charge is 0.416 e. The summed E-state index contributed by atoms with van der Waals surface area (Å²) >= 11 is 1.50. The molecule has 0 saturated carbocycles. The van der Waals surface area contributed by atoms with E-state index in [0.717, 1.165) is 52.0 Å². The van der Waals surface area contributed by atoms with E-state index < -0.39 is 11.7 Å². The van der Waals surface area contributed by atoms with Crippen LogP contribution < -0.4 is 4.90 Å². The van der Waals surface area contributed by atoms with Gasteiger partial charge in [-0.15, -0.1) is 11.8 Å². The molecule has 2 aliphatic rings. The Morgan fingerprint density at radius 2 is 1.61 bits per heavy atom. The number of carbonyl (C=O) groups is 1. The topological polar surface area (TPSA) is 26.8 Å². The van der Waals surface area contributed by atoms with Crippen molar-refractivity contribution >= 4 is 23.4 Å². The summed E-state index contributed by atoms with van der Waals surface area (Å²) in [6.45, 7) is 9.95. The molecule has 4 nitrogen and oxygen atoms in total. The molecule has 36 heavy (non-hydrogen) atoms. The molecule has 0 unspecified atom stereocenters. The van der Waals surface area contributed by atoms with Crippen LogP contribution in [0.25, 0.3) is 0 Å². The zero-order valence-corrected chi connectivity index (χ0v) is 22.0. The molecule has 0 spiro atoms. The number of piperidine rings is 1. The maximum atomic E-state index is 13.2. The normalized spacial score (nSPS) is 18.0. The number of alkyl halides is 3. The summed E-state index contributed by atoms with van der Waals surface area (Å²) in [5, 5.41) is 0.239. The highest BCUT2D eigenvalue weighted by Crippen LogP contribution is 2.37. The Labute approximate surface area is 216 Å². The van der Waals surface area contributed by atoms with Crippen molar-refractivity contribution in [2.24, 2.45) is 0 Å². The molecule has 0 aliphatic carbocycles. The van der Waals surface area contributed by atoms with Gasteiger partial charge in [0.2, 0.25) is 5.91 Å². The predicted molar refractivity (Wildman–Crippen MR) is 141 cm³/mol. The van der Waals surface area contributed by atoms with E-state index in [2.05, 4.69) is 41.0 Å². The van der Waals surface area contributed by atoms with Crippen molar-refractivity contribution in [3.8, 4) is 0 Å². The second-order valence-electron chi connectivity index (χ2n) is 9.94. The Kier molecular flexibility index (Phi) is 8.88. The number of hydrogen-bond donors (Lipinski definition) is 0. The van der Waals surface area contributed by atoms with Crippen LogP contribution in [0.1, 0.15) is 42.4 Å². The van der Waals surface area contributed by atoms with Crippen LogP contribution in [0.2, 0.25) is 0 Å². The van der Waals surface area contributed by atoms with Crippen LogP contribution >= 0.6 is 11.8 Å². The molecule has 0 N–H and O–H groups in total. The molecule has 2 fully saturated rings. The summed E-state index contributed by atoms with van der Waals surface area (Å²) in [5.74, 6) is 0.200. The third-order valence-corrected chi connectivity index (χ3v) is 8.58. The fourth-order valence-corrected chi connectivity index (χ4v) is 6.16. The van der Waals surface area contributed by atoms with Crippen LogP contribution in [-0.4, -0.2) is 66.8 Å². The van der Waals surface area contributed by atoms with Gasteiger partial charge in [-0.3, -0.25) is 9.69 Å². The Hall–Kier alpha value is -2.19. The Bertz CT molecular complexity index is 1010. The van der Waals surface area contributed by atoms with Crippen molar-refractivity contribution in [2.45, 2.75) is 55.9 Å². The molecular formula is C28H36F3N3OS. The fraction of sp³-hybridized carbons (Fsp3) is 0.536. The standard InChI is InChI=1S/C28H36F3N3OS/c1-21-5-8-23(9-6-21)33-18-16-32(17-19-33)13-3-4-27(35)34-14-11-24(12-15-34)36-25-10-7-22(2)26(20-25)28(29,30)31/h5-10,20,24H,3-4,11-19H2,1-2H3. The minimum atomic E-state index is -4.33. The highest BCUT2D eigenvalue weighted by Gasteiger charge is 2.33. The summed E-state index contributed by atoms with van der Waals surface area (Å²) in [7, 11) is 0. The van der Waals surface area contributed by atoms with Gasteiger partial charge in [0.1, 0.15) is 0 Å². The number of carbonyl (C=O) groups excluding carboxylic acids is 1. The summed E-state index contributed by atoms with van der Waals surface area (Å²) in [4.78, 5) is 20.2. The van der Waals surface area contributed by atoms with Crippen molar-refractivity contribution in [3.63, 3.8) is 0 Å². The summed E-state index contributed by atoms with van der Waals surface area (Å²) < 4.78 is 39.6. The van der Waals surface area contributed by atoms with Gasteiger partial charge in [-0.1, -0.05) is 23.8 Å². The quantitative estimate of drug-likeness (QED) is 0.448. The van der Waals surface area contributed by atoms with Gasteiger partial charge in [-0.2, -0.15) is 13.2 Å². The molecule has 8 heteroatoms. The van der Waals surface area contributed by atoms with E-state index in [1.807, 2.05) is 4.90 Å². The van der Waals surface area contributed by atoms with E-state index in [1.54, 1.807) is 12.1 Å². The number of thioether (sulfide) groups is 1. The van der Waals surface area contributed by atoms with Gasteiger partial charge < -0.3 is 9.80 Å². The van der Waals surface area contributed by atoms with Crippen LogP contribution in [0.3, 0.4) is 0 Å². The maximum Gasteiger partial charge on any atom is 0.416 e. The molecule has 2 saturated heterocycles. The van der Waals surface area contributed by atoms with Gasteiger partial charge in [-0.25, -0.2) is 0 Å². The number of benzene rings is 2. The van der Waals surface area contributed by atoms with E-state index in [1.165, 1.54) is 36.0 Å². The van der Waals surface area contributed by atoms with Crippen LogP contribution in [0.15, 0.2) is 47.4 Å². The van der Waals surface area contributed by atoms with Crippen LogP contribution in [-0.2, 0) is 11.0 Å². The monoisotopic (exact) mass is 519 g/mol. The molecule has 0 bridgehead atoms. The smallest absolute Gasteiger partial charge is 0.369 e. The van der Waals surface area contributed by atoms with E-state index in [4.69, 9.17) is 0 Å². The van der Waals surface area contributed by atoms with Crippen LogP contribution in [0, 0.1) is 13.8 Å². The summed E-state index contributed by atoms with van der Waals surface area (Å²) in [6.07, 6.45) is -1.28. The number of piperazine rings is 1. The zero-order chi connectivity index (χ0) is 25.7. The van der Waals surface area contributed by atoms with E-state index in [9.17, 15) is 18.0 Å². The minimum Gasteiger partial charge on any atom is -0.369 e. The van der Waals surface area contributed by atoms with Crippen molar-refractivity contribution in [3.05, 3.63) is 59.2 Å². The number of amides is 1. The molecule has 1 amide bonds. The molecule has 196 valence electrons. The van der Waals surface area contributed by atoms with Crippen molar-refractivity contribution in [2.75, 3.05) is 50.7 Å². The van der Waals surface area contributed by atoms with Crippen molar-refractivity contribution in [1.29, 1.82) is 0 Å². The lowest BCUT2D eigenvalue weighted by Gasteiger charge is -2.36. The van der Waals surface area contributed by atoms with Gasteiger partial charge in [0.15, 0.2) is 0 Å². The Morgan fingerprint density at radius 1 is 0.944 bits per heavy atom. The lowest BCUT2D eigenvalue weighted by Crippen LogP contribution is -2.46. The third-order valence-electron chi connectivity index (χ3n) is 7.25. The number of anilines is 1. The fourth-order valence-electron chi connectivity index (χ4n) is 4.99. The second-order valence-corrected chi connectivity index (χ2v) is 11.3. The number of aryl methyl sites for hydroxylation is 2. The van der Waals surface area contributed by atoms with Crippen LogP contribution in [0.5, 0.6) is 0 Å². The third kappa shape index (κ3) is 7.19. The molecule has 0 aromatic heterocycles. The lowest BCUT2D eigenvalue weighted by atomic mass is 10.1. The van der Waals surface area contributed by atoms with E-state index in [-0.39, 0.29) is 16.7 Å². The SMILES string of the molecule is Cc1ccc(N2CCN(CCCC(=O)N3CCC(Sc4ccc(C)c(C(F)(F)F)c4)CC3)CC2)cc1. The number of rotatable bonds is 7. The highest BCUT2D eigenvalue weighted by molar-refractivity contribution is 8.00. The zero-order valence-electron chi connectivity index (χ0n) is 21.2. The molecule has 4 rings (SSSR count). The molecule has 2 heterocycles. The van der Waals surface area contributed by atoms with Crippen molar-refractivity contribution in [1.82, 2.24) is 9.80 Å². The van der Waals surface area contributed by atoms with Crippen LogP contribution in [0.4, 0.5) is 18.9 Å². The van der Waals surface area contributed by atoms with Gasteiger partial charge in [0.25, 0.3) is 0 Å². The first-order chi connectivity index (χ1) is 17.2. The minimum absolute atomic E-state index is 0.200. The average molecular weight is 520 g/mol. The number of halogens is 3. The van der Waals surface area contributed by atoms with Gasteiger partial charge in [0.05, 0.1) is 5.56 Å². The highest BCUT2D eigenvalue weighted by atomic mass is 32.2. The Balaban J connectivity index is 1.14. The molecular weight excluding hydrogens is 483 g/mol. The first-order valence-corrected chi connectivity index (χ1v) is 13.7. The van der Waals surface area contributed by atoms with Gasteiger partial charge >= 0.3 is 6.18 Å². The molecule has 2 aliphatic heterocycles. The Morgan fingerprint density at radius 3 is 2.25 bits per heavy atom. The van der Waals surface area contributed by atoms with Crippen molar-refractivity contribution < 1.29 is 18.0 Å². The van der Waals surface area contributed by atoms with E-state index >= 15 is 0 Å².